The molecule has 0 radical (unpaired) electrons. The van der Waals surface area contributed by atoms with E-state index >= 15 is 0 Å². The largest absolute Gasteiger partial charge is 0.324 e. The second kappa shape index (κ2) is 5.89. The minimum atomic E-state index is -0.248. The summed E-state index contributed by atoms with van der Waals surface area (Å²) in [5, 5.41) is 3.74. The molecule has 0 aliphatic carbocycles. The van der Waals surface area contributed by atoms with Gasteiger partial charge in [-0.05, 0) is 24.1 Å². The first kappa shape index (κ1) is 13.8. The third kappa shape index (κ3) is 3.65. The van der Waals surface area contributed by atoms with Crippen LogP contribution in [0.1, 0.15) is 13.8 Å². The molecule has 1 amide bonds. The zero-order valence-corrected chi connectivity index (χ0v) is 12.0. The van der Waals surface area contributed by atoms with Crippen molar-refractivity contribution >= 4 is 50.7 Å². The maximum absolute atomic E-state index is 11.8. The molecule has 1 rings (SSSR count). The summed E-state index contributed by atoms with van der Waals surface area (Å²) in [7, 11) is 0. The number of alkyl halides is 1. The molecular formula is C11H12BrCl2NO. The lowest BCUT2D eigenvalue weighted by molar-refractivity contribution is -0.116. The van der Waals surface area contributed by atoms with E-state index < -0.39 is 0 Å². The summed E-state index contributed by atoms with van der Waals surface area (Å²) in [4.78, 5) is 11.5. The fourth-order valence-electron chi connectivity index (χ4n) is 1.10. The Hall–Kier alpha value is -0.250. The monoisotopic (exact) mass is 323 g/mol. The molecule has 1 aromatic rings. The van der Waals surface area contributed by atoms with Crippen LogP contribution in [0.3, 0.4) is 0 Å². The first-order valence-electron chi connectivity index (χ1n) is 4.82. The maximum Gasteiger partial charge on any atom is 0.238 e. The molecule has 0 aliphatic heterocycles. The van der Waals surface area contributed by atoms with Crippen LogP contribution in [-0.4, -0.2) is 10.7 Å². The highest BCUT2D eigenvalue weighted by Crippen LogP contribution is 2.26. The SMILES string of the molecule is CC(C)[C@H](Br)C(=O)Nc1cc(Cl)ccc1Cl. The minimum absolute atomic E-state index is 0.126. The van der Waals surface area contributed by atoms with Crippen LogP contribution in [0.5, 0.6) is 0 Å². The van der Waals surface area contributed by atoms with Crippen LogP contribution in [0, 0.1) is 5.92 Å². The van der Waals surface area contributed by atoms with Gasteiger partial charge in [0, 0.05) is 5.02 Å². The second-order valence-corrected chi connectivity index (χ2v) is 5.59. The maximum atomic E-state index is 11.8. The molecule has 0 heterocycles. The van der Waals surface area contributed by atoms with E-state index in [1.165, 1.54) is 0 Å². The minimum Gasteiger partial charge on any atom is -0.324 e. The number of rotatable bonds is 3. The number of hydrogen-bond acceptors (Lipinski definition) is 1. The first-order chi connectivity index (χ1) is 7.41. The Bertz CT molecular complexity index is 396. The molecule has 0 fully saturated rings. The number of hydrogen-bond donors (Lipinski definition) is 1. The van der Waals surface area contributed by atoms with E-state index in [1.807, 2.05) is 13.8 Å². The normalized spacial score (nSPS) is 12.6. The fourth-order valence-corrected chi connectivity index (χ4v) is 1.55. The summed E-state index contributed by atoms with van der Waals surface area (Å²) >= 11 is 15.1. The topological polar surface area (TPSA) is 29.1 Å². The van der Waals surface area contributed by atoms with Crippen molar-refractivity contribution in [2.24, 2.45) is 5.92 Å². The molecule has 1 aromatic carbocycles. The number of anilines is 1. The van der Waals surface area contributed by atoms with Gasteiger partial charge < -0.3 is 5.32 Å². The van der Waals surface area contributed by atoms with Crippen LogP contribution in [0.25, 0.3) is 0 Å². The van der Waals surface area contributed by atoms with Gasteiger partial charge in [-0.1, -0.05) is 53.0 Å². The number of nitrogens with one attached hydrogen (secondary N) is 1. The lowest BCUT2D eigenvalue weighted by Crippen LogP contribution is -2.27. The number of benzene rings is 1. The number of carbonyl (C=O) groups is 1. The average molecular weight is 325 g/mol. The van der Waals surface area contributed by atoms with Crippen molar-refractivity contribution in [2.75, 3.05) is 5.32 Å². The Morgan fingerprint density at radius 3 is 2.56 bits per heavy atom. The summed E-state index contributed by atoms with van der Waals surface area (Å²) in [5.41, 5.74) is 0.532. The molecule has 16 heavy (non-hydrogen) atoms. The second-order valence-electron chi connectivity index (χ2n) is 3.76. The van der Waals surface area contributed by atoms with E-state index in [-0.39, 0.29) is 16.7 Å². The lowest BCUT2D eigenvalue weighted by Gasteiger charge is -2.14. The van der Waals surface area contributed by atoms with Gasteiger partial charge in [-0.15, -0.1) is 0 Å². The standard InChI is InChI=1S/C11H12BrCl2NO/c1-6(2)10(12)11(16)15-9-5-7(13)3-4-8(9)14/h3-6,10H,1-2H3,(H,15,16)/t10-/m0/s1. The van der Waals surface area contributed by atoms with Crippen molar-refractivity contribution in [1.82, 2.24) is 0 Å². The van der Waals surface area contributed by atoms with Crippen molar-refractivity contribution in [3.63, 3.8) is 0 Å². The first-order valence-corrected chi connectivity index (χ1v) is 6.49. The molecule has 0 spiro atoms. The van der Waals surface area contributed by atoms with Gasteiger partial charge in [0.05, 0.1) is 15.5 Å². The van der Waals surface area contributed by atoms with Crippen molar-refractivity contribution in [2.45, 2.75) is 18.7 Å². The predicted molar refractivity (Wildman–Crippen MR) is 72.6 cm³/mol. The smallest absolute Gasteiger partial charge is 0.238 e. The van der Waals surface area contributed by atoms with Gasteiger partial charge in [0.15, 0.2) is 0 Å². The molecule has 1 atom stereocenters. The average Bonchev–Trinajstić information content (AvgIpc) is 2.22. The van der Waals surface area contributed by atoms with Crippen molar-refractivity contribution in [3.8, 4) is 0 Å². The van der Waals surface area contributed by atoms with Crippen molar-refractivity contribution in [3.05, 3.63) is 28.2 Å². The van der Waals surface area contributed by atoms with Gasteiger partial charge in [0.1, 0.15) is 0 Å². The van der Waals surface area contributed by atoms with Crippen LogP contribution in [0.2, 0.25) is 10.0 Å². The highest BCUT2D eigenvalue weighted by Gasteiger charge is 2.19. The van der Waals surface area contributed by atoms with Gasteiger partial charge in [-0.2, -0.15) is 0 Å². The fraction of sp³-hybridized carbons (Fsp3) is 0.364. The van der Waals surface area contributed by atoms with Crippen molar-refractivity contribution < 1.29 is 4.79 Å². The molecule has 0 aliphatic rings. The molecule has 2 nitrogen and oxygen atoms in total. The quantitative estimate of drug-likeness (QED) is 0.823. The van der Waals surface area contributed by atoms with E-state index in [9.17, 15) is 4.79 Å². The van der Waals surface area contributed by atoms with E-state index in [1.54, 1.807) is 18.2 Å². The summed E-state index contributed by atoms with van der Waals surface area (Å²) < 4.78 is 0. The molecule has 88 valence electrons. The molecule has 0 saturated heterocycles. The molecule has 0 unspecified atom stereocenters. The Morgan fingerprint density at radius 1 is 1.38 bits per heavy atom. The Morgan fingerprint density at radius 2 is 2.00 bits per heavy atom. The van der Waals surface area contributed by atoms with Gasteiger partial charge in [-0.3, -0.25) is 4.79 Å². The Kier molecular flexibility index (Phi) is 5.09. The molecule has 0 aromatic heterocycles. The molecule has 5 heteroatoms. The van der Waals surface area contributed by atoms with Gasteiger partial charge in [0.2, 0.25) is 5.91 Å². The zero-order valence-electron chi connectivity index (χ0n) is 8.93. The summed E-state index contributed by atoms with van der Waals surface area (Å²) in [5.74, 6) is 0.0807. The van der Waals surface area contributed by atoms with Gasteiger partial charge >= 0.3 is 0 Å². The molecular weight excluding hydrogens is 313 g/mol. The third-order valence-corrected chi connectivity index (χ3v) is 4.06. The van der Waals surface area contributed by atoms with E-state index in [0.717, 1.165) is 0 Å². The van der Waals surface area contributed by atoms with Crippen LogP contribution in [0.15, 0.2) is 18.2 Å². The van der Waals surface area contributed by atoms with E-state index in [0.29, 0.717) is 15.7 Å². The van der Waals surface area contributed by atoms with Gasteiger partial charge in [-0.25, -0.2) is 0 Å². The predicted octanol–water partition coefficient (Wildman–Crippen LogP) is 4.35. The Labute approximate surface area is 113 Å². The third-order valence-electron chi connectivity index (χ3n) is 2.02. The van der Waals surface area contributed by atoms with Crippen LogP contribution in [0.4, 0.5) is 5.69 Å². The van der Waals surface area contributed by atoms with Crippen LogP contribution < -0.4 is 5.32 Å². The molecule has 0 saturated carbocycles. The highest BCUT2D eigenvalue weighted by molar-refractivity contribution is 9.10. The van der Waals surface area contributed by atoms with Gasteiger partial charge in [0.25, 0.3) is 0 Å². The number of halogens is 3. The molecule has 1 N–H and O–H groups in total. The summed E-state index contributed by atoms with van der Waals surface area (Å²) in [6.07, 6.45) is 0. The van der Waals surface area contributed by atoms with Crippen molar-refractivity contribution in [1.29, 1.82) is 0 Å². The lowest BCUT2D eigenvalue weighted by atomic mass is 10.1. The molecule has 0 bridgehead atoms. The number of amides is 1. The van der Waals surface area contributed by atoms with E-state index in [2.05, 4.69) is 21.2 Å². The number of carbonyl (C=O) groups excluding carboxylic acids is 1. The summed E-state index contributed by atoms with van der Waals surface area (Å²) in [6, 6.07) is 4.95. The zero-order chi connectivity index (χ0) is 12.3. The van der Waals surface area contributed by atoms with E-state index in [4.69, 9.17) is 23.2 Å². The highest BCUT2D eigenvalue weighted by atomic mass is 79.9. The summed E-state index contributed by atoms with van der Waals surface area (Å²) in [6.45, 7) is 3.91. The van der Waals surface area contributed by atoms with Crippen LogP contribution >= 0.6 is 39.1 Å². The van der Waals surface area contributed by atoms with Crippen LogP contribution in [-0.2, 0) is 4.79 Å². The Balaban J connectivity index is 2.80.